The fourth-order valence-electron chi connectivity index (χ4n) is 2.87. The Hall–Kier alpha value is -2.24. The Morgan fingerprint density at radius 2 is 1.62 bits per heavy atom. The molecule has 7 heteroatoms. The van der Waals surface area contributed by atoms with Gasteiger partial charge in [-0.3, -0.25) is 9.59 Å². The standard InChI is InChI=1S/C19H19Cl2N3O2/c20-15-4-6-17(7-5-15)23-8-10-24(11-9-23)18(25)13-22-19(26)14-2-1-3-16(21)12-14/h1-7,12H,8-11,13H2,(H,22,26). The molecule has 1 N–H and O–H groups in total. The van der Waals surface area contributed by atoms with Gasteiger partial charge >= 0.3 is 0 Å². The third kappa shape index (κ3) is 4.68. The summed E-state index contributed by atoms with van der Waals surface area (Å²) in [7, 11) is 0. The lowest BCUT2D eigenvalue weighted by molar-refractivity contribution is -0.130. The van der Waals surface area contributed by atoms with Crippen LogP contribution in [0.4, 0.5) is 5.69 Å². The molecule has 0 radical (unpaired) electrons. The first kappa shape index (κ1) is 18.5. The Morgan fingerprint density at radius 1 is 0.923 bits per heavy atom. The minimum absolute atomic E-state index is 0.0215. The highest BCUT2D eigenvalue weighted by Gasteiger charge is 2.21. The number of amides is 2. The summed E-state index contributed by atoms with van der Waals surface area (Å²) in [4.78, 5) is 28.4. The van der Waals surface area contributed by atoms with Gasteiger partial charge in [-0.2, -0.15) is 0 Å². The zero-order valence-electron chi connectivity index (χ0n) is 14.1. The van der Waals surface area contributed by atoms with Crippen molar-refractivity contribution in [3.63, 3.8) is 0 Å². The van der Waals surface area contributed by atoms with Crippen molar-refractivity contribution in [2.24, 2.45) is 0 Å². The van der Waals surface area contributed by atoms with Crippen molar-refractivity contribution in [1.29, 1.82) is 0 Å². The number of anilines is 1. The molecule has 0 aliphatic carbocycles. The van der Waals surface area contributed by atoms with Crippen molar-refractivity contribution in [2.45, 2.75) is 0 Å². The van der Waals surface area contributed by atoms with E-state index in [0.29, 0.717) is 28.7 Å². The van der Waals surface area contributed by atoms with Crippen molar-refractivity contribution in [2.75, 3.05) is 37.6 Å². The number of piperazine rings is 1. The molecule has 1 aliphatic heterocycles. The molecular weight excluding hydrogens is 373 g/mol. The largest absolute Gasteiger partial charge is 0.368 e. The number of rotatable bonds is 4. The molecule has 0 aromatic heterocycles. The molecule has 0 unspecified atom stereocenters. The maximum absolute atomic E-state index is 12.3. The van der Waals surface area contributed by atoms with Crippen LogP contribution in [0.5, 0.6) is 0 Å². The van der Waals surface area contributed by atoms with Gasteiger partial charge < -0.3 is 15.1 Å². The summed E-state index contributed by atoms with van der Waals surface area (Å²) >= 11 is 11.8. The Bertz CT molecular complexity index is 788. The molecule has 2 aromatic carbocycles. The van der Waals surface area contributed by atoms with E-state index in [4.69, 9.17) is 23.2 Å². The van der Waals surface area contributed by atoms with Crippen molar-refractivity contribution in [1.82, 2.24) is 10.2 Å². The first-order valence-corrected chi connectivity index (χ1v) is 9.10. The highest BCUT2D eigenvalue weighted by atomic mass is 35.5. The van der Waals surface area contributed by atoms with E-state index >= 15 is 0 Å². The van der Waals surface area contributed by atoms with E-state index in [1.54, 1.807) is 29.2 Å². The van der Waals surface area contributed by atoms with Gasteiger partial charge in [0.15, 0.2) is 0 Å². The van der Waals surface area contributed by atoms with Crippen LogP contribution in [0.15, 0.2) is 48.5 Å². The molecule has 2 aromatic rings. The van der Waals surface area contributed by atoms with Crippen LogP contribution < -0.4 is 10.2 Å². The second-order valence-corrected chi connectivity index (χ2v) is 6.91. The van der Waals surface area contributed by atoms with Crippen LogP contribution >= 0.6 is 23.2 Å². The Labute approximate surface area is 162 Å². The quantitative estimate of drug-likeness (QED) is 0.870. The minimum atomic E-state index is -0.305. The van der Waals surface area contributed by atoms with E-state index in [1.807, 2.05) is 24.3 Å². The molecule has 3 rings (SSSR count). The molecule has 0 saturated carbocycles. The number of carbonyl (C=O) groups is 2. The van der Waals surface area contributed by atoms with Crippen LogP contribution in [0.3, 0.4) is 0 Å². The van der Waals surface area contributed by atoms with E-state index in [9.17, 15) is 9.59 Å². The van der Waals surface area contributed by atoms with Gasteiger partial charge in [-0.05, 0) is 42.5 Å². The highest BCUT2D eigenvalue weighted by molar-refractivity contribution is 6.31. The van der Waals surface area contributed by atoms with Crippen molar-refractivity contribution in [3.05, 3.63) is 64.1 Å². The lowest BCUT2D eigenvalue weighted by Gasteiger charge is -2.36. The van der Waals surface area contributed by atoms with Gasteiger partial charge in [-0.1, -0.05) is 29.3 Å². The number of hydrogen-bond acceptors (Lipinski definition) is 3. The van der Waals surface area contributed by atoms with Gasteiger partial charge in [-0.25, -0.2) is 0 Å². The Kier molecular flexibility index (Phi) is 6.01. The van der Waals surface area contributed by atoms with Crippen LogP contribution in [-0.2, 0) is 4.79 Å². The molecule has 136 valence electrons. The smallest absolute Gasteiger partial charge is 0.251 e. The highest BCUT2D eigenvalue weighted by Crippen LogP contribution is 2.19. The molecule has 2 amide bonds. The average Bonchev–Trinajstić information content (AvgIpc) is 2.66. The second kappa shape index (κ2) is 8.43. The normalized spacial score (nSPS) is 14.2. The molecule has 0 bridgehead atoms. The topological polar surface area (TPSA) is 52.7 Å². The van der Waals surface area contributed by atoms with E-state index in [1.165, 1.54) is 0 Å². The van der Waals surface area contributed by atoms with Gasteiger partial charge in [0, 0.05) is 47.5 Å². The molecule has 0 spiro atoms. The Balaban J connectivity index is 1.47. The number of halogens is 2. The molecule has 1 heterocycles. The molecule has 1 fully saturated rings. The van der Waals surface area contributed by atoms with E-state index in [-0.39, 0.29) is 18.4 Å². The summed E-state index contributed by atoms with van der Waals surface area (Å²) in [5.74, 6) is -0.392. The zero-order valence-corrected chi connectivity index (χ0v) is 15.6. The molecule has 1 saturated heterocycles. The summed E-state index contributed by atoms with van der Waals surface area (Å²) < 4.78 is 0. The third-order valence-electron chi connectivity index (χ3n) is 4.31. The van der Waals surface area contributed by atoms with Crippen LogP contribution in [-0.4, -0.2) is 49.4 Å². The predicted octanol–water partition coefficient (Wildman–Crippen LogP) is 3.07. The summed E-state index contributed by atoms with van der Waals surface area (Å²) in [5, 5.41) is 3.85. The van der Waals surface area contributed by atoms with Crippen LogP contribution in [0.1, 0.15) is 10.4 Å². The fraction of sp³-hybridized carbons (Fsp3) is 0.263. The minimum Gasteiger partial charge on any atom is -0.368 e. The van der Waals surface area contributed by atoms with Gasteiger partial charge in [-0.15, -0.1) is 0 Å². The van der Waals surface area contributed by atoms with E-state index in [2.05, 4.69) is 10.2 Å². The number of benzene rings is 2. The van der Waals surface area contributed by atoms with Crippen molar-refractivity contribution >= 4 is 40.7 Å². The summed E-state index contributed by atoms with van der Waals surface area (Å²) in [6.07, 6.45) is 0. The molecule has 1 aliphatic rings. The summed E-state index contributed by atoms with van der Waals surface area (Å²) in [6, 6.07) is 14.3. The number of carbonyl (C=O) groups excluding carboxylic acids is 2. The van der Waals surface area contributed by atoms with E-state index < -0.39 is 0 Å². The van der Waals surface area contributed by atoms with Gasteiger partial charge in [0.1, 0.15) is 0 Å². The third-order valence-corrected chi connectivity index (χ3v) is 4.80. The molecule has 5 nitrogen and oxygen atoms in total. The molecule has 26 heavy (non-hydrogen) atoms. The number of nitrogens with zero attached hydrogens (tertiary/aromatic N) is 2. The van der Waals surface area contributed by atoms with Crippen molar-refractivity contribution in [3.8, 4) is 0 Å². The first-order valence-electron chi connectivity index (χ1n) is 8.35. The van der Waals surface area contributed by atoms with Gasteiger partial charge in [0.2, 0.25) is 5.91 Å². The van der Waals surface area contributed by atoms with Crippen molar-refractivity contribution < 1.29 is 9.59 Å². The monoisotopic (exact) mass is 391 g/mol. The number of hydrogen-bond donors (Lipinski definition) is 1. The van der Waals surface area contributed by atoms with E-state index in [0.717, 1.165) is 18.8 Å². The SMILES string of the molecule is O=C(NCC(=O)N1CCN(c2ccc(Cl)cc2)CC1)c1cccc(Cl)c1. The maximum atomic E-state index is 12.3. The maximum Gasteiger partial charge on any atom is 0.251 e. The van der Waals surface area contributed by atoms with Gasteiger partial charge in [0.25, 0.3) is 5.91 Å². The van der Waals surface area contributed by atoms with Crippen LogP contribution in [0, 0.1) is 0 Å². The lowest BCUT2D eigenvalue weighted by atomic mass is 10.2. The summed E-state index contributed by atoms with van der Waals surface area (Å²) in [6.45, 7) is 2.71. The summed E-state index contributed by atoms with van der Waals surface area (Å²) in [5.41, 5.74) is 1.54. The first-order chi connectivity index (χ1) is 12.5. The number of nitrogens with one attached hydrogen (secondary N) is 1. The van der Waals surface area contributed by atoms with Crippen LogP contribution in [0.2, 0.25) is 10.0 Å². The zero-order chi connectivity index (χ0) is 18.5. The molecule has 0 atom stereocenters. The lowest BCUT2D eigenvalue weighted by Crippen LogP contribution is -2.51. The van der Waals surface area contributed by atoms with Crippen LogP contribution in [0.25, 0.3) is 0 Å². The Morgan fingerprint density at radius 3 is 2.27 bits per heavy atom. The molecular formula is C19H19Cl2N3O2. The second-order valence-electron chi connectivity index (χ2n) is 6.04. The van der Waals surface area contributed by atoms with Gasteiger partial charge in [0.05, 0.1) is 6.54 Å². The fourth-order valence-corrected chi connectivity index (χ4v) is 3.18. The average molecular weight is 392 g/mol. The predicted molar refractivity (Wildman–Crippen MR) is 104 cm³/mol.